The van der Waals surface area contributed by atoms with Crippen LogP contribution in [0, 0.1) is 53.3 Å². The molecule has 2 amide bonds. The molecule has 1 saturated heterocycles. The summed E-state index contributed by atoms with van der Waals surface area (Å²) >= 11 is 0. The molecular formula is C78H141NO11Si5. The minimum atomic E-state index is -2.38. The molecule has 14 atom stereocenters. The molecule has 17 heteroatoms. The van der Waals surface area contributed by atoms with Crippen molar-refractivity contribution in [3.05, 3.63) is 77.4 Å². The molecule has 1 aliphatic heterocycles. The Hall–Kier alpha value is -2.72. The standard InChI is InChI=1S/C78H141NO11Si5/c1-29-93(30-2,31-3)86-53-62(18)73(84-54-67-44-47-70(83-25)48-45-67)64(20)74(89-92(28,56(10)11)57(12)13)61(17)50-58(14)49-60(16)72(88-91(26,27)78(22,23)24)59(15)43-46-69(80)52-71(87-94(32-4,33-5)34-6)63(19)75(90-95(35-7,36-8)37-9)65(21)76(81)79-68(55-85-77(79)82)51-66-41-39-38-40-42-66/h38-42,44-45,47-49,56-57,59-65,68-69,71-75,80H,29-37,50-55H2,1-28H3/b58-49-/t59-,60-,61-,62-,63-,64+,65+,68+,69-,71-,72-,73-,74+,75-/m1/s1. The predicted octanol–water partition coefficient (Wildman–Crippen LogP) is 20.7. The second-order valence-corrected chi connectivity index (χ2v) is 55.2. The fraction of sp³-hybridized carbons (Fsp3) is 0.769. The fourth-order valence-corrected chi connectivity index (χ4v) is 27.4. The van der Waals surface area contributed by atoms with Gasteiger partial charge in [0.15, 0.2) is 41.6 Å². The Morgan fingerprint density at radius 3 is 1.67 bits per heavy atom. The van der Waals surface area contributed by atoms with E-state index in [1.54, 1.807) is 7.11 Å². The number of aliphatic hydroxyl groups excluding tert-OH is 1. The number of rotatable bonds is 43. The van der Waals surface area contributed by atoms with E-state index in [1.807, 2.05) is 49.4 Å². The van der Waals surface area contributed by atoms with Crippen LogP contribution in [0.4, 0.5) is 4.79 Å². The van der Waals surface area contributed by atoms with Gasteiger partial charge in [-0.3, -0.25) is 4.79 Å². The predicted molar refractivity (Wildman–Crippen MR) is 411 cm³/mol. The van der Waals surface area contributed by atoms with Gasteiger partial charge in [0.05, 0.1) is 56.2 Å². The highest BCUT2D eigenvalue weighted by molar-refractivity contribution is 6.76. The Labute approximate surface area is 587 Å². The van der Waals surface area contributed by atoms with Crippen LogP contribution in [0.3, 0.4) is 0 Å². The first-order valence-corrected chi connectivity index (χ1v) is 50.5. The summed E-state index contributed by atoms with van der Waals surface area (Å²) in [7, 11) is -9.58. The van der Waals surface area contributed by atoms with Gasteiger partial charge in [-0.05, 0) is 146 Å². The van der Waals surface area contributed by atoms with Crippen molar-refractivity contribution in [1.29, 1.82) is 0 Å². The smallest absolute Gasteiger partial charge is 0.416 e. The number of allylic oxidation sites excluding steroid dienone is 1. The van der Waals surface area contributed by atoms with Gasteiger partial charge in [0.1, 0.15) is 18.5 Å². The first-order valence-electron chi connectivity index (χ1n) is 37.5. The van der Waals surface area contributed by atoms with E-state index in [1.165, 1.54) is 10.5 Å². The molecule has 0 aliphatic carbocycles. The van der Waals surface area contributed by atoms with E-state index < -0.39 is 78.0 Å². The number of hydrogen-bond acceptors (Lipinski definition) is 11. The SMILES string of the molecule is CC[Si](CC)(CC)OC[C@@H](C)[C@@H](OCc1ccc(OC)cc1)[C@H](C)[C@@H](O[Si](C)(C(C)C)C(C)C)[C@H](C)C/C(C)=C\[C@@H](C)[C@H](O[Si](C)(C)C(C)(C)C)[C@H](C)C#C[C@@H](O)C[C@@H](O[Si](CC)(CC)CC)[C@@H](C)[C@@H](O[Si](CC)(CC)CC)[C@H](C)C(=O)N1C(=O)OC[C@@H]1Cc1ccccc1. The highest BCUT2D eigenvalue weighted by Gasteiger charge is 2.49. The summed E-state index contributed by atoms with van der Waals surface area (Å²) in [6.45, 7) is 62.8. The van der Waals surface area contributed by atoms with Crippen molar-refractivity contribution in [2.75, 3.05) is 20.3 Å². The largest absolute Gasteiger partial charge is 0.497 e. The molecule has 1 heterocycles. The van der Waals surface area contributed by atoms with Crippen molar-refractivity contribution in [2.24, 2.45) is 41.4 Å². The van der Waals surface area contributed by atoms with Crippen LogP contribution in [-0.2, 0) is 49.4 Å². The number of hydrogen-bond donors (Lipinski definition) is 1. The number of ether oxygens (including phenoxy) is 3. The molecule has 0 spiro atoms. The van der Waals surface area contributed by atoms with Crippen LogP contribution in [0.25, 0.3) is 0 Å². The first kappa shape index (κ1) is 86.5. The maximum Gasteiger partial charge on any atom is 0.416 e. The lowest BCUT2D eigenvalue weighted by atomic mass is 9.81. The summed E-state index contributed by atoms with van der Waals surface area (Å²) in [6.07, 6.45) is 0.790. The van der Waals surface area contributed by atoms with E-state index in [0.29, 0.717) is 30.7 Å². The number of methoxy groups -OCH3 is 1. The van der Waals surface area contributed by atoms with Crippen LogP contribution < -0.4 is 4.74 Å². The van der Waals surface area contributed by atoms with Crippen LogP contribution in [0.2, 0.25) is 90.2 Å². The van der Waals surface area contributed by atoms with Crippen molar-refractivity contribution in [1.82, 2.24) is 4.90 Å². The van der Waals surface area contributed by atoms with Gasteiger partial charge in [-0.1, -0.05) is 218 Å². The van der Waals surface area contributed by atoms with Crippen molar-refractivity contribution in [2.45, 2.75) is 325 Å². The molecule has 2 aromatic rings. The first-order chi connectivity index (χ1) is 44.5. The highest BCUT2D eigenvalue weighted by Crippen LogP contribution is 2.43. The zero-order chi connectivity index (χ0) is 72.0. The summed E-state index contributed by atoms with van der Waals surface area (Å²) in [5, 5.41) is 12.4. The van der Waals surface area contributed by atoms with Crippen LogP contribution in [0.15, 0.2) is 66.2 Å². The maximum atomic E-state index is 15.1. The number of amides is 2. The van der Waals surface area contributed by atoms with Crippen LogP contribution in [0.5, 0.6) is 5.75 Å². The normalized spacial score (nSPS) is 19.0. The number of benzene rings is 2. The number of cyclic esters (lactones) is 1. The third kappa shape index (κ3) is 24.0. The molecule has 1 aliphatic rings. The minimum absolute atomic E-state index is 0.0166. The maximum absolute atomic E-state index is 15.1. The van der Waals surface area contributed by atoms with Crippen molar-refractivity contribution in [3.8, 4) is 17.6 Å². The van der Waals surface area contributed by atoms with Gasteiger partial charge >= 0.3 is 6.09 Å². The molecule has 3 rings (SSSR count). The second-order valence-electron chi connectivity index (χ2n) is 31.3. The zero-order valence-corrected chi connectivity index (χ0v) is 70.6. The lowest BCUT2D eigenvalue weighted by Gasteiger charge is -2.45. The molecule has 0 saturated carbocycles. The van der Waals surface area contributed by atoms with E-state index in [-0.39, 0.29) is 77.8 Å². The summed E-state index contributed by atoms with van der Waals surface area (Å²) < 4.78 is 55.8. The number of imide groups is 1. The lowest BCUT2D eigenvalue weighted by molar-refractivity contribution is -0.138. The quantitative estimate of drug-likeness (QED) is 0.0387. The van der Waals surface area contributed by atoms with Crippen LogP contribution in [-0.4, -0.2) is 127 Å². The molecule has 0 unspecified atom stereocenters. The minimum Gasteiger partial charge on any atom is -0.497 e. The van der Waals surface area contributed by atoms with Crippen molar-refractivity contribution >= 4 is 53.6 Å². The highest BCUT2D eigenvalue weighted by atomic mass is 28.4. The van der Waals surface area contributed by atoms with Gasteiger partial charge in [0.2, 0.25) is 5.91 Å². The van der Waals surface area contributed by atoms with E-state index >= 15 is 4.79 Å². The third-order valence-corrected chi connectivity index (χ3v) is 47.3. The molecule has 2 aromatic carbocycles. The number of nitrogens with zero attached hydrogens (tertiary/aromatic N) is 1. The van der Waals surface area contributed by atoms with Crippen molar-refractivity contribution < 1.29 is 51.0 Å². The zero-order valence-electron chi connectivity index (χ0n) is 65.6. The number of carbonyl (C=O) groups is 2. The molecule has 0 aromatic heterocycles. The van der Waals surface area contributed by atoms with Gasteiger partial charge in [-0.2, -0.15) is 0 Å². The Balaban J connectivity index is 2.17. The van der Waals surface area contributed by atoms with Gasteiger partial charge in [0.25, 0.3) is 0 Å². The second kappa shape index (κ2) is 39.5. The van der Waals surface area contributed by atoms with Gasteiger partial charge in [-0.15, -0.1) is 0 Å². The molecular weight excluding hydrogens is 1270 g/mol. The van der Waals surface area contributed by atoms with E-state index in [4.69, 9.17) is 36.3 Å². The topological polar surface area (TPSA) is 131 Å². The average Bonchev–Trinajstić information content (AvgIpc) is 1.77. The lowest BCUT2D eigenvalue weighted by Crippen LogP contribution is -2.54. The Morgan fingerprint density at radius 2 is 1.18 bits per heavy atom. The van der Waals surface area contributed by atoms with E-state index in [0.717, 1.165) is 77.7 Å². The molecule has 12 nitrogen and oxygen atoms in total. The summed E-state index contributed by atoms with van der Waals surface area (Å²) in [4.78, 5) is 30.1. The van der Waals surface area contributed by atoms with Gasteiger partial charge < -0.3 is 41.4 Å². The summed E-state index contributed by atoms with van der Waals surface area (Å²) in [5.74, 6) is 6.55. The Bertz CT molecular complexity index is 2610. The average molecular weight is 1410 g/mol. The Morgan fingerprint density at radius 1 is 0.653 bits per heavy atom. The molecule has 544 valence electrons. The molecule has 95 heavy (non-hydrogen) atoms. The molecule has 1 N–H and O–H groups in total. The monoisotopic (exact) mass is 1410 g/mol. The van der Waals surface area contributed by atoms with Crippen LogP contribution in [0.1, 0.15) is 190 Å². The van der Waals surface area contributed by atoms with Crippen LogP contribution >= 0.6 is 0 Å². The Kier molecular flexibility index (Phi) is 35.9. The van der Waals surface area contributed by atoms with E-state index in [9.17, 15) is 9.90 Å². The molecule has 0 bridgehead atoms. The molecule has 1 fully saturated rings. The fourth-order valence-electron chi connectivity index (χ4n) is 14.4. The van der Waals surface area contributed by atoms with Gasteiger partial charge in [0, 0.05) is 42.6 Å². The van der Waals surface area contributed by atoms with Crippen molar-refractivity contribution in [3.63, 3.8) is 0 Å². The molecule has 0 radical (unpaired) electrons. The number of aliphatic hydroxyl groups is 1. The summed E-state index contributed by atoms with van der Waals surface area (Å²) in [6, 6.07) is 26.5. The summed E-state index contributed by atoms with van der Waals surface area (Å²) in [5.41, 5.74) is 4.24. The van der Waals surface area contributed by atoms with Gasteiger partial charge in [-0.25, -0.2) is 9.69 Å². The third-order valence-electron chi connectivity index (χ3n) is 23.6. The number of carbonyl (C=O) groups excluding carboxylic acids is 2. The van der Waals surface area contributed by atoms with E-state index in [2.05, 4.69) is 209 Å².